The minimum Gasteiger partial charge on any atom is -0.508 e. The molecule has 182 valence electrons. The number of aromatic hydroxyl groups is 1. The van der Waals surface area contributed by atoms with Gasteiger partial charge in [0.2, 0.25) is 23.6 Å². The molecule has 0 spiro atoms. The van der Waals surface area contributed by atoms with Crippen molar-refractivity contribution in [1.29, 1.82) is 0 Å². The second-order valence-corrected chi connectivity index (χ2v) is 7.36. The monoisotopic (exact) mass is 467 g/mol. The number of nitrogens with one attached hydrogen (secondary N) is 3. The summed E-state index contributed by atoms with van der Waals surface area (Å²) in [7, 11) is 0. The van der Waals surface area contributed by atoms with Crippen molar-refractivity contribution in [3.63, 3.8) is 0 Å². The molecule has 13 heteroatoms. The topological polar surface area (TPSA) is 234 Å². The Labute approximate surface area is 189 Å². The molecule has 0 aromatic heterocycles. The van der Waals surface area contributed by atoms with Gasteiger partial charge in [-0.25, -0.2) is 4.79 Å². The van der Waals surface area contributed by atoms with Crippen LogP contribution in [-0.4, -0.2) is 75.7 Å². The van der Waals surface area contributed by atoms with Gasteiger partial charge in [0.05, 0.1) is 12.6 Å². The first-order valence-corrected chi connectivity index (χ1v) is 10.0. The lowest BCUT2D eigenvalue weighted by molar-refractivity contribution is -0.143. The number of hydrogen-bond donors (Lipinski definition) is 8. The molecular formula is C20H29N5O8. The third kappa shape index (κ3) is 9.53. The summed E-state index contributed by atoms with van der Waals surface area (Å²) < 4.78 is 0. The molecule has 0 fully saturated rings. The maximum Gasteiger partial charge on any atom is 0.326 e. The molecule has 0 saturated heterocycles. The molecule has 4 amide bonds. The summed E-state index contributed by atoms with van der Waals surface area (Å²) in [5.74, 6) is -4.57. The first kappa shape index (κ1) is 27.3. The van der Waals surface area contributed by atoms with E-state index in [0.717, 1.165) is 0 Å². The zero-order valence-corrected chi connectivity index (χ0v) is 18.0. The van der Waals surface area contributed by atoms with E-state index < -0.39 is 60.4 Å². The number of benzene rings is 1. The second-order valence-electron chi connectivity index (χ2n) is 7.36. The van der Waals surface area contributed by atoms with Crippen LogP contribution in [0.5, 0.6) is 5.75 Å². The molecule has 13 nitrogen and oxygen atoms in total. The predicted octanol–water partition coefficient (Wildman–Crippen LogP) is -2.92. The Morgan fingerprint density at radius 1 is 0.939 bits per heavy atom. The zero-order valence-electron chi connectivity index (χ0n) is 18.0. The van der Waals surface area contributed by atoms with Crippen molar-refractivity contribution in [2.45, 2.75) is 50.4 Å². The van der Waals surface area contributed by atoms with Gasteiger partial charge >= 0.3 is 5.97 Å². The number of primary amides is 1. The minimum absolute atomic E-state index is 0.0621. The average Bonchev–Trinajstić information content (AvgIpc) is 2.75. The van der Waals surface area contributed by atoms with E-state index in [1.165, 1.54) is 19.1 Å². The summed E-state index contributed by atoms with van der Waals surface area (Å²) in [5, 5.41) is 34.6. The highest BCUT2D eigenvalue weighted by Crippen LogP contribution is 2.11. The van der Waals surface area contributed by atoms with E-state index in [0.29, 0.717) is 5.56 Å². The molecule has 10 N–H and O–H groups in total. The van der Waals surface area contributed by atoms with E-state index in [4.69, 9.17) is 16.6 Å². The van der Waals surface area contributed by atoms with Gasteiger partial charge in [0.25, 0.3) is 0 Å². The number of carboxylic acids is 1. The number of aliphatic hydroxyl groups excluding tert-OH is 1. The molecule has 33 heavy (non-hydrogen) atoms. The van der Waals surface area contributed by atoms with Crippen molar-refractivity contribution in [2.75, 3.05) is 6.61 Å². The molecule has 1 aromatic rings. The summed E-state index contributed by atoms with van der Waals surface area (Å²) in [6.45, 7) is 0.487. The molecule has 0 heterocycles. The van der Waals surface area contributed by atoms with Crippen LogP contribution in [-0.2, 0) is 30.4 Å². The van der Waals surface area contributed by atoms with Crippen LogP contribution in [0.4, 0.5) is 0 Å². The van der Waals surface area contributed by atoms with Crippen LogP contribution in [0.3, 0.4) is 0 Å². The Kier molecular flexibility index (Phi) is 10.7. The summed E-state index contributed by atoms with van der Waals surface area (Å²) >= 11 is 0. The molecule has 0 aliphatic rings. The first-order chi connectivity index (χ1) is 15.4. The highest BCUT2D eigenvalue weighted by atomic mass is 16.4. The number of aliphatic carboxylic acids is 1. The summed E-state index contributed by atoms with van der Waals surface area (Å²) in [4.78, 5) is 58.9. The van der Waals surface area contributed by atoms with Crippen LogP contribution in [0.1, 0.15) is 25.3 Å². The SMILES string of the molecule is CC(NC(=O)C(N)Cc1ccc(O)cc1)C(=O)NC(CO)C(=O)NC(CCC(N)=O)C(=O)O. The molecule has 0 saturated carbocycles. The quantitative estimate of drug-likeness (QED) is 0.148. The maximum atomic E-state index is 12.3. The molecule has 1 rings (SSSR count). The lowest BCUT2D eigenvalue weighted by Crippen LogP contribution is -2.57. The Morgan fingerprint density at radius 2 is 1.52 bits per heavy atom. The molecule has 4 unspecified atom stereocenters. The van der Waals surface area contributed by atoms with Crippen molar-refractivity contribution < 1.29 is 39.3 Å². The van der Waals surface area contributed by atoms with Crippen LogP contribution in [0, 0.1) is 0 Å². The van der Waals surface area contributed by atoms with Crippen molar-refractivity contribution in [2.24, 2.45) is 11.5 Å². The van der Waals surface area contributed by atoms with Gasteiger partial charge in [-0.05, 0) is 37.5 Å². The number of phenols is 1. The van der Waals surface area contributed by atoms with Gasteiger partial charge in [0, 0.05) is 6.42 Å². The summed E-state index contributed by atoms with van der Waals surface area (Å²) in [6.07, 6.45) is -0.418. The number of carbonyl (C=O) groups is 5. The van der Waals surface area contributed by atoms with Gasteiger partial charge in [-0.3, -0.25) is 19.2 Å². The van der Waals surface area contributed by atoms with Crippen molar-refractivity contribution in [3.8, 4) is 5.75 Å². The van der Waals surface area contributed by atoms with Crippen molar-refractivity contribution in [3.05, 3.63) is 29.8 Å². The Hall–Kier alpha value is -3.71. The number of carbonyl (C=O) groups excluding carboxylic acids is 4. The van der Waals surface area contributed by atoms with Crippen molar-refractivity contribution >= 4 is 29.6 Å². The lowest BCUT2D eigenvalue weighted by Gasteiger charge is -2.22. The van der Waals surface area contributed by atoms with Gasteiger partial charge in [-0.1, -0.05) is 12.1 Å². The first-order valence-electron chi connectivity index (χ1n) is 10.0. The highest BCUT2D eigenvalue weighted by molar-refractivity contribution is 5.94. The zero-order chi connectivity index (χ0) is 25.1. The van der Waals surface area contributed by atoms with E-state index in [1.807, 2.05) is 0 Å². The standard InChI is InChI=1S/C20H29N5O8/c1-10(23-18(30)13(21)8-11-2-4-12(27)5-3-11)17(29)25-15(9-26)19(31)24-14(20(32)33)6-7-16(22)28/h2-5,10,13-15,26-27H,6-9,21H2,1H3,(H2,22,28)(H,23,30)(H,24,31)(H,25,29)(H,32,33). The second kappa shape index (κ2) is 13.0. The van der Waals surface area contributed by atoms with E-state index in [1.54, 1.807) is 12.1 Å². The molecule has 0 aliphatic carbocycles. The molecule has 4 atom stereocenters. The lowest BCUT2D eigenvalue weighted by atomic mass is 10.1. The smallest absolute Gasteiger partial charge is 0.326 e. The molecule has 0 bridgehead atoms. The third-order valence-corrected chi connectivity index (χ3v) is 4.59. The summed E-state index contributed by atoms with van der Waals surface area (Å²) in [5.41, 5.74) is 11.5. The van der Waals surface area contributed by atoms with Crippen LogP contribution < -0.4 is 27.4 Å². The largest absolute Gasteiger partial charge is 0.508 e. The normalized spacial score (nSPS) is 14.3. The predicted molar refractivity (Wildman–Crippen MR) is 114 cm³/mol. The fourth-order valence-electron chi connectivity index (χ4n) is 2.67. The number of carboxylic acid groups (broad SMARTS) is 1. The number of amides is 4. The number of phenolic OH excluding ortho intramolecular Hbond substituents is 1. The van der Waals surface area contributed by atoms with Crippen LogP contribution >= 0.6 is 0 Å². The molecule has 0 aliphatic heterocycles. The molecule has 1 aromatic carbocycles. The molecule has 0 radical (unpaired) electrons. The number of hydrogen-bond acceptors (Lipinski definition) is 8. The van der Waals surface area contributed by atoms with Gasteiger partial charge in [-0.15, -0.1) is 0 Å². The van der Waals surface area contributed by atoms with E-state index in [-0.39, 0.29) is 25.0 Å². The Bertz CT molecular complexity index is 861. The van der Waals surface area contributed by atoms with E-state index in [9.17, 15) is 34.2 Å². The van der Waals surface area contributed by atoms with Crippen LogP contribution in [0.2, 0.25) is 0 Å². The third-order valence-electron chi connectivity index (χ3n) is 4.59. The van der Waals surface area contributed by atoms with E-state index in [2.05, 4.69) is 16.0 Å². The fraction of sp³-hybridized carbons (Fsp3) is 0.450. The molecular weight excluding hydrogens is 438 g/mol. The number of rotatable bonds is 13. The van der Waals surface area contributed by atoms with Gasteiger partial charge in [0.1, 0.15) is 23.9 Å². The highest BCUT2D eigenvalue weighted by Gasteiger charge is 2.28. The maximum absolute atomic E-state index is 12.3. The minimum atomic E-state index is -1.50. The van der Waals surface area contributed by atoms with Gasteiger partial charge in [-0.2, -0.15) is 0 Å². The summed E-state index contributed by atoms with van der Waals surface area (Å²) in [6, 6.07) is 0.994. The average molecular weight is 467 g/mol. The van der Waals surface area contributed by atoms with Crippen LogP contribution in [0.15, 0.2) is 24.3 Å². The van der Waals surface area contributed by atoms with Gasteiger partial charge in [0.15, 0.2) is 0 Å². The van der Waals surface area contributed by atoms with Crippen molar-refractivity contribution in [1.82, 2.24) is 16.0 Å². The number of nitrogens with two attached hydrogens (primary N) is 2. The van der Waals surface area contributed by atoms with Crippen LogP contribution in [0.25, 0.3) is 0 Å². The van der Waals surface area contributed by atoms with Gasteiger partial charge < -0.3 is 42.7 Å². The Balaban J connectivity index is 2.63. The fourth-order valence-corrected chi connectivity index (χ4v) is 2.67. The van der Waals surface area contributed by atoms with E-state index >= 15 is 0 Å². The Morgan fingerprint density at radius 3 is 2.03 bits per heavy atom. The number of aliphatic hydroxyl groups is 1.